The number of carboxylic acids is 1. The fourth-order valence-electron chi connectivity index (χ4n) is 1.74. The van der Waals surface area contributed by atoms with Crippen molar-refractivity contribution in [2.24, 2.45) is 0 Å². The minimum absolute atomic E-state index is 0.0957. The molecule has 1 N–H and O–H groups in total. The van der Waals surface area contributed by atoms with Crippen molar-refractivity contribution in [3.63, 3.8) is 0 Å². The Labute approximate surface area is 130 Å². The SMILES string of the molecule is COc1cc(OC)nc(SC2=CCCC(Cl)=C2C(=O)O)n1. The monoisotopic (exact) mass is 328 g/mol. The van der Waals surface area contributed by atoms with Gasteiger partial charge in [-0.2, -0.15) is 9.97 Å². The average Bonchev–Trinajstić information content (AvgIpc) is 2.46. The second-order valence-electron chi connectivity index (χ2n) is 4.03. The van der Waals surface area contributed by atoms with Gasteiger partial charge >= 0.3 is 5.97 Å². The molecule has 0 aromatic carbocycles. The predicted molar refractivity (Wildman–Crippen MR) is 78.8 cm³/mol. The normalized spacial score (nSPS) is 14.7. The number of aromatic nitrogens is 2. The molecule has 0 unspecified atom stereocenters. The number of nitrogens with zero attached hydrogens (tertiary/aromatic N) is 2. The molecule has 0 atom stereocenters. The highest BCUT2D eigenvalue weighted by Gasteiger charge is 2.23. The molecule has 1 heterocycles. The molecule has 0 spiro atoms. The Morgan fingerprint density at radius 3 is 2.48 bits per heavy atom. The van der Waals surface area contributed by atoms with Crippen LogP contribution in [0.5, 0.6) is 11.8 Å². The maximum atomic E-state index is 11.3. The van der Waals surface area contributed by atoms with E-state index in [0.29, 0.717) is 39.7 Å². The van der Waals surface area contributed by atoms with Gasteiger partial charge in [0.05, 0.1) is 25.9 Å². The zero-order valence-corrected chi connectivity index (χ0v) is 13.0. The molecule has 0 fully saturated rings. The Bertz CT molecular complexity index is 608. The summed E-state index contributed by atoms with van der Waals surface area (Å²) in [6.45, 7) is 0. The van der Waals surface area contributed by atoms with E-state index in [1.54, 1.807) is 6.07 Å². The lowest BCUT2D eigenvalue weighted by Crippen LogP contribution is -2.08. The summed E-state index contributed by atoms with van der Waals surface area (Å²) >= 11 is 7.13. The Balaban J connectivity index is 2.33. The largest absolute Gasteiger partial charge is 0.481 e. The van der Waals surface area contributed by atoms with Crippen LogP contribution in [0.25, 0.3) is 0 Å². The molecule has 2 rings (SSSR count). The third-order valence-corrected chi connectivity index (χ3v) is 4.04. The highest BCUT2D eigenvalue weighted by Crippen LogP contribution is 2.38. The summed E-state index contributed by atoms with van der Waals surface area (Å²) in [5.41, 5.74) is 0.0957. The van der Waals surface area contributed by atoms with Gasteiger partial charge in [-0.15, -0.1) is 0 Å². The van der Waals surface area contributed by atoms with Crippen molar-refractivity contribution in [1.29, 1.82) is 0 Å². The number of rotatable bonds is 5. The van der Waals surface area contributed by atoms with E-state index in [1.807, 2.05) is 6.08 Å². The highest BCUT2D eigenvalue weighted by atomic mass is 35.5. The summed E-state index contributed by atoms with van der Waals surface area (Å²) in [6, 6.07) is 1.54. The van der Waals surface area contributed by atoms with E-state index in [-0.39, 0.29) is 5.57 Å². The van der Waals surface area contributed by atoms with Crippen LogP contribution in [0.3, 0.4) is 0 Å². The van der Waals surface area contributed by atoms with E-state index in [9.17, 15) is 9.90 Å². The molecule has 6 nitrogen and oxygen atoms in total. The molecular weight excluding hydrogens is 316 g/mol. The van der Waals surface area contributed by atoms with Crippen LogP contribution in [0, 0.1) is 0 Å². The number of methoxy groups -OCH3 is 2. The first-order chi connectivity index (χ1) is 10.0. The first-order valence-corrected chi connectivity index (χ1v) is 7.22. The van der Waals surface area contributed by atoms with Crippen LogP contribution in [0.15, 0.2) is 32.8 Å². The topological polar surface area (TPSA) is 81.5 Å². The molecule has 1 aromatic heterocycles. The molecule has 1 aliphatic carbocycles. The smallest absolute Gasteiger partial charge is 0.338 e. The van der Waals surface area contributed by atoms with Gasteiger partial charge in [0.2, 0.25) is 11.8 Å². The van der Waals surface area contributed by atoms with Crippen molar-refractivity contribution in [2.45, 2.75) is 18.0 Å². The summed E-state index contributed by atoms with van der Waals surface area (Å²) in [7, 11) is 2.96. The van der Waals surface area contributed by atoms with Crippen LogP contribution >= 0.6 is 23.4 Å². The molecule has 0 amide bonds. The minimum atomic E-state index is -1.06. The zero-order chi connectivity index (χ0) is 15.4. The van der Waals surface area contributed by atoms with Crippen molar-refractivity contribution in [3.8, 4) is 11.8 Å². The summed E-state index contributed by atoms with van der Waals surface area (Å²) in [4.78, 5) is 20.2. The minimum Gasteiger partial charge on any atom is -0.481 e. The van der Waals surface area contributed by atoms with Gasteiger partial charge in [0.25, 0.3) is 0 Å². The van der Waals surface area contributed by atoms with Crippen LogP contribution < -0.4 is 9.47 Å². The second-order valence-corrected chi connectivity index (χ2v) is 5.49. The van der Waals surface area contributed by atoms with Crippen LogP contribution in [0.1, 0.15) is 12.8 Å². The Morgan fingerprint density at radius 1 is 1.33 bits per heavy atom. The predicted octanol–water partition coefficient (Wildman–Crippen LogP) is 2.84. The number of aliphatic carboxylic acids is 1. The molecule has 1 aromatic rings. The number of hydrogen-bond acceptors (Lipinski definition) is 6. The van der Waals surface area contributed by atoms with Gasteiger partial charge in [-0.3, -0.25) is 0 Å². The van der Waals surface area contributed by atoms with Gasteiger partial charge in [0.15, 0.2) is 5.16 Å². The van der Waals surface area contributed by atoms with Crippen molar-refractivity contribution in [2.75, 3.05) is 14.2 Å². The number of carbonyl (C=O) groups is 1. The summed E-state index contributed by atoms with van der Waals surface area (Å²) in [5.74, 6) is -0.381. The maximum absolute atomic E-state index is 11.3. The quantitative estimate of drug-likeness (QED) is 0.832. The van der Waals surface area contributed by atoms with Crippen molar-refractivity contribution in [3.05, 3.63) is 27.7 Å². The van der Waals surface area contributed by atoms with Crippen LogP contribution in [-0.4, -0.2) is 35.3 Å². The molecule has 0 aliphatic heterocycles. The van der Waals surface area contributed by atoms with E-state index < -0.39 is 5.97 Å². The van der Waals surface area contributed by atoms with Gasteiger partial charge in [-0.25, -0.2) is 4.79 Å². The lowest BCUT2D eigenvalue weighted by atomic mass is 10.1. The van der Waals surface area contributed by atoms with Gasteiger partial charge in [-0.1, -0.05) is 17.7 Å². The molecule has 0 saturated heterocycles. The molecule has 21 heavy (non-hydrogen) atoms. The molecule has 1 aliphatic rings. The van der Waals surface area contributed by atoms with E-state index in [0.717, 1.165) is 11.8 Å². The van der Waals surface area contributed by atoms with Crippen molar-refractivity contribution in [1.82, 2.24) is 9.97 Å². The summed E-state index contributed by atoms with van der Waals surface area (Å²) < 4.78 is 10.1. The molecule has 0 radical (unpaired) electrons. The van der Waals surface area contributed by atoms with Gasteiger partial charge in [0.1, 0.15) is 0 Å². The Morgan fingerprint density at radius 2 is 1.95 bits per heavy atom. The fourth-order valence-corrected chi connectivity index (χ4v) is 3.07. The van der Waals surface area contributed by atoms with Gasteiger partial charge < -0.3 is 14.6 Å². The van der Waals surface area contributed by atoms with Crippen LogP contribution in [0.2, 0.25) is 0 Å². The third-order valence-electron chi connectivity index (χ3n) is 2.70. The first-order valence-electron chi connectivity index (χ1n) is 6.02. The number of carboxylic acid groups (broad SMARTS) is 1. The molecule has 8 heteroatoms. The fraction of sp³-hybridized carbons (Fsp3) is 0.308. The average molecular weight is 329 g/mol. The first kappa shape index (κ1) is 15.7. The van der Waals surface area contributed by atoms with Crippen LogP contribution in [-0.2, 0) is 4.79 Å². The lowest BCUT2D eigenvalue weighted by Gasteiger charge is -2.14. The molecule has 112 valence electrons. The zero-order valence-electron chi connectivity index (χ0n) is 11.4. The van der Waals surface area contributed by atoms with E-state index in [4.69, 9.17) is 21.1 Å². The van der Waals surface area contributed by atoms with Crippen molar-refractivity contribution >= 4 is 29.3 Å². The maximum Gasteiger partial charge on any atom is 0.338 e. The lowest BCUT2D eigenvalue weighted by molar-refractivity contribution is -0.132. The number of allylic oxidation sites excluding steroid dienone is 2. The molecular formula is C13H13ClN2O4S. The molecule has 0 bridgehead atoms. The number of ether oxygens (including phenoxy) is 2. The second kappa shape index (κ2) is 6.82. The van der Waals surface area contributed by atoms with E-state index in [1.165, 1.54) is 14.2 Å². The third kappa shape index (κ3) is 3.68. The van der Waals surface area contributed by atoms with Crippen molar-refractivity contribution < 1.29 is 19.4 Å². The number of hydrogen-bond donors (Lipinski definition) is 1. The van der Waals surface area contributed by atoms with Crippen LogP contribution in [0.4, 0.5) is 0 Å². The highest BCUT2D eigenvalue weighted by molar-refractivity contribution is 8.03. The summed E-state index contributed by atoms with van der Waals surface area (Å²) in [5, 5.41) is 9.94. The molecule has 0 saturated carbocycles. The Hall–Kier alpha value is -1.73. The standard InChI is InChI=1S/C13H13ClN2O4S/c1-19-9-6-10(20-2)16-13(15-9)21-8-5-3-4-7(14)11(8)12(17)18/h5-6H,3-4H2,1-2H3,(H,17,18). The number of thioether (sulfide) groups is 1. The number of halogens is 1. The summed E-state index contributed by atoms with van der Waals surface area (Å²) in [6.07, 6.45) is 3.02. The Kier molecular flexibility index (Phi) is 5.08. The van der Waals surface area contributed by atoms with Gasteiger partial charge in [0, 0.05) is 9.94 Å². The van der Waals surface area contributed by atoms with Gasteiger partial charge in [-0.05, 0) is 24.6 Å². The van der Waals surface area contributed by atoms with E-state index >= 15 is 0 Å². The van der Waals surface area contributed by atoms with E-state index in [2.05, 4.69) is 9.97 Å².